The van der Waals surface area contributed by atoms with Crippen molar-refractivity contribution in [2.45, 2.75) is 31.8 Å². The molecule has 6 heteroatoms. The Morgan fingerprint density at radius 1 is 1.37 bits per heavy atom. The van der Waals surface area contributed by atoms with Gasteiger partial charge >= 0.3 is 0 Å². The molecule has 0 radical (unpaired) electrons. The van der Waals surface area contributed by atoms with Gasteiger partial charge in [0, 0.05) is 21.6 Å². The molecular weight excluding hydrogens is 305 g/mol. The van der Waals surface area contributed by atoms with Crippen LogP contribution in [-0.2, 0) is 9.84 Å². The zero-order valence-corrected chi connectivity index (χ0v) is 13.2. The topological polar surface area (TPSA) is 46.2 Å². The summed E-state index contributed by atoms with van der Waals surface area (Å²) in [6, 6.07) is 5.26. The summed E-state index contributed by atoms with van der Waals surface area (Å²) in [7, 11) is -2.92. The fraction of sp³-hybridized carbons (Fsp3) is 0.538. The molecule has 1 aromatic rings. The highest BCUT2D eigenvalue weighted by Gasteiger charge is 2.39. The molecule has 1 aliphatic rings. The Kier molecular flexibility index (Phi) is 4.17. The van der Waals surface area contributed by atoms with Gasteiger partial charge in [-0.15, -0.1) is 0 Å². The van der Waals surface area contributed by atoms with E-state index in [0.717, 1.165) is 5.56 Å². The van der Waals surface area contributed by atoms with Crippen molar-refractivity contribution in [2.24, 2.45) is 0 Å². The van der Waals surface area contributed by atoms with Gasteiger partial charge in [0.25, 0.3) is 0 Å². The van der Waals surface area contributed by atoms with E-state index >= 15 is 0 Å². The molecule has 2 unspecified atom stereocenters. The van der Waals surface area contributed by atoms with Crippen molar-refractivity contribution in [1.29, 1.82) is 0 Å². The summed E-state index contributed by atoms with van der Waals surface area (Å²) in [5.41, 5.74) is 0.490. The Labute approximate surface area is 124 Å². The molecular formula is C13H17Cl2NO2S. The Hall–Kier alpha value is -0.290. The van der Waals surface area contributed by atoms with E-state index in [4.69, 9.17) is 23.2 Å². The first-order valence-corrected chi connectivity index (χ1v) is 8.72. The van der Waals surface area contributed by atoms with Crippen LogP contribution >= 0.6 is 23.2 Å². The Morgan fingerprint density at radius 3 is 2.63 bits per heavy atom. The van der Waals surface area contributed by atoms with Crippen LogP contribution in [0.5, 0.6) is 0 Å². The van der Waals surface area contributed by atoms with Crippen LogP contribution < -0.4 is 5.32 Å². The van der Waals surface area contributed by atoms with Gasteiger partial charge in [-0.05, 0) is 44.0 Å². The second-order valence-corrected chi connectivity index (χ2v) is 8.46. The predicted molar refractivity (Wildman–Crippen MR) is 79.7 cm³/mol. The quantitative estimate of drug-likeness (QED) is 0.929. The van der Waals surface area contributed by atoms with Gasteiger partial charge in [-0.1, -0.05) is 23.2 Å². The molecule has 0 bridgehead atoms. The Bertz CT molecular complexity index is 588. The third-order valence-corrected chi connectivity index (χ3v) is 5.98. The van der Waals surface area contributed by atoms with Crippen molar-refractivity contribution in [3.8, 4) is 0 Å². The van der Waals surface area contributed by atoms with Crippen molar-refractivity contribution in [3.05, 3.63) is 33.8 Å². The molecule has 1 aromatic carbocycles. The van der Waals surface area contributed by atoms with Gasteiger partial charge in [0.15, 0.2) is 9.84 Å². The summed E-state index contributed by atoms with van der Waals surface area (Å²) in [6.45, 7) is 3.90. The fourth-order valence-corrected chi connectivity index (χ4v) is 5.14. The van der Waals surface area contributed by atoms with Crippen molar-refractivity contribution in [3.63, 3.8) is 0 Å². The van der Waals surface area contributed by atoms with Crippen molar-refractivity contribution in [2.75, 3.05) is 11.5 Å². The summed E-state index contributed by atoms with van der Waals surface area (Å²) < 4.78 is 23.2. The molecule has 0 saturated carbocycles. The van der Waals surface area contributed by atoms with Gasteiger partial charge in [-0.3, -0.25) is 0 Å². The van der Waals surface area contributed by atoms with Crippen LogP contribution in [0, 0.1) is 0 Å². The number of rotatable bonds is 3. The van der Waals surface area contributed by atoms with Gasteiger partial charge in [0.1, 0.15) is 0 Å². The monoisotopic (exact) mass is 321 g/mol. The molecule has 0 amide bonds. The van der Waals surface area contributed by atoms with E-state index in [1.807, 2.05) is 19.9 Å². The van der Waals surface area contributed by atoms with Crippen LogP contribution in [0.1, 0.15) is 31.9 Å². The molecule has 1 aliphatic heterocycles. The van der Waals surface area contributed by atoms with Crippen LogP contribution in [0.25, 0.3) is 0 Å². The van der Waals surface area contributed by atoms with E-state index in [2.05, 4.69) is 5.32 Å². The van der Waals surface area contributed by atoms with Gasteiger partial charge in [-0.25, -0.2) is 8.42 Å². The molecule has 1 fully saturated rings. The maximum absolute atomic E-state index is 11.6. The molecule has 1 heterocycles. The average Bonchev–Trinajstić information content (AvgIpc) is 2.56. The molecule has 3 nitrogen and oxygen atoms in total. The Balaban J connectivity index is 2.17. The molecule has 2 rings (SSSR count). The number of nitrogens with one attached hydrogen (secondary N) is 1. The second-order valence-electron chi connectivity index (χ2n) is 5.43. The number of halogens is 2. The Morgan fingerprint density at radius 2 is 2.05 bits per heavy atom. The predicted octanol–water partition coefficient (Wildman–Crippen LogP) is 3.22. The van der Waals surface area contributed by atoms with Gasteiger partial charge in [-0.2, -0.15) is 0 Å². The summed E-state index contributed by atoms with van der Waals surface area (Å²) in [5.74, 6) is 0.412. The van der Waals surface area contributed by atoms with Gasteiger partial charge < -0.3 is 5.32 Å². The van der Waals surface area contributed by atoms with Crippen LogP contribution in [0.4, 0.5) is 0 Å². The molecule has 106 valence electrons. The lowest BCUT2D eigenvalue weighted by molar-refractivity contribution is 0.355. The zero-order valence-electron chi connectivity index (χ0n) is 10.9. The van der Waals surface area contributed by atoms with E-state index in [-0.39, 0.29) is 17.5 Å². The minimum absolute atomic E-state index is 0.0514. The minimum atomic E-state index is -2.92. The number of hydrogen-bond donors (Lipinski definition) is 1. The summed E-state index contributed by atoms with van der Waals surface area (Å²) >= 11 is 12.1. The standard InChI is InChI=1S/C13H17Cl2NO2S/c1-9(11-7-10(14)3-4-12(11)15)16-13(2)5-6-19(17,18)8-13/h3-4,7,9,16H,5-6,8H2,1-2H3. The molecule has 0 aliphatic carbocycles. The van der Waals surface area contributed by atoms with Crippen molar-refractivity contribution in [1.82, 2.24) is 5.32 Å². The molecule has 19 heavy (non-hydrogen) atoms. The first-order chi connectivity index (χ1) is 8.71. The SMILES string of the molecule is CC(NC1(C)CCS(=O)(=O)C1)c1cc(Cl)ccc1Cl. The molecule has 1 N–H and O–H groups in total. The van der Waals surface area contributed by atoms with E-state index in [1.165, 1.54) is 0 Å². The smallest absolute Gasteiger partial charge is 0.152 e. The minimum Gasteiger partial charge on any atom is -0.304 e. The summed E-state index contributed by atoms with van der Waals surface area (Å²) in [4.78, 5) is 0. The highest BCUT2D eigenvalue weighted by Crippen LogP contribution is 2.30. The summed E-state index contributed by atoms with van der Waals surface area (Å²) in [6.07, 6.45) is 0.623. The van der Waals surface area contributed by atoms with Crippen molar-refractivity contribution < 1.29 is 8.42 Å². The lowest BCUT2D eigenvalue weighted by atomic mass is 9.98. The maximum atomic E-state index is 11.6. The maximum Gasteiger partial charge on any atom is 0.152 e. The number of hydrogen-bond acceptors (Lipinski definition) is 3. The van der Waals surface area contributed by atoms with Crippen LogP contribution in [0.2, 0.25) is 10.0 Å². The summed E-state index contributed by atoms with van der Waals surface area (Å²) in [5, 5.41) is 4.63. The molecule has 1 saturated heterocycles. The van der Waals surface area contributed by atoms with Gasteiger partial charge in [0.05, 0.1) is 11.5 Å². The normalized spacial score (nSPS) is 27.4. The first kappa shape index (κ1) is 15.1. The lowest BCUT2D eigenvalue weighted by Gasteiger charge is -2.29. The van der Waals surface area contributed by atoms with E-state index in [9.17, 15) is 8.42 Å². The second kappa shape index (κ2) is 5.24. The molecule has 0 aromatic heterocycles. The van der Waals surface area contributed by atoms with E-state index in [0.29, 0.717) is 16.5 Å². The van der Waals surface area contributed by atoms with Crippen LogP contribution in [0.15, 0.2) is 18.2 Å². The largest absolute Gasteiger partial charge is 0.304 e. The molecule has 0 spiro atoms. The van der Waals surface area contributed by atoms with Crippen LogP contribution in [-0.4, -0.2) is 25.5 Å². The third kappa shape index (κ3) is 3.63. The molecule has 2 atom stereocenters. The average molecular weight is 322 g/mol. The highest BCUT2D eigenvalue weighted by molar-refractivity contribution is 7.91. The highest BCUT2D eigenvalue weighted by atomic mass is 35.5. The number of sulfone groups is 1. The van der Waals surface area contributed by atoms with E-state index in [1.54, 1.807) is 12.1 Å². The number of benzene rings is 1. The first-order valence-electron chi connectivity index (χ1n) is 6.14. The van der Waals surface area contributed by atoms with Gasteiger partial charge in [0.2, 0.25) is 0 Å². The van der Waals surface area contributed by atoms with Crippen LogP contribution in [0.3, 0.4) is 0 Å². The fourth-order valence-electron chi connectivity index (χ4n) is 2.57. The zero-order chi connectivity index (χ0) is 14.3. The third-order valence-electron chi connectivity index (χ3n) is 3.49. The lowest BCUT2D eigenvalue weighted by Crippen LogP contribution is -2.44. The van der Waals surface area contributed by atoms with Crippen molar-refractivity contribution >= 4 is 33.0 Å². The van der Waals surface area contributed by atoms with E-state index < -0.39 is 15.4 Å².